The molecule has 0 aromatic heterocycles. The summed E-state index contributed by atoms with van der Waals surface area (Å²) in [5.74, 6) is 0. The minimum atomic E-state index is -0.360. The van der Waals surface area contributed by atoms with Crippen LogP contribution in [0.1, 0.15) is 11.1 Å². The lowest BCUT2D eigenvalue weighted by Crippen LogP contribution is -2.33. The molecule has 2 aromatic carbocycles. The van der Waals surface area contributed by atoms with Gasteiger partial charge < -0.3 is 18.9 Å². The van der Waals surface area contributed by atoms with Gasteiger partial charge in [0.1, 0.15) is 0 Å². The van der Waals surface area contributed by atoms with Crippen molar-refractivity contribution in [2.24, 2.45) is 0 Å². The largest absolute Gasteiger partial charge is 0.378 e. The topological polar surface area (TPSA) is 130 Å². The zero-order valence-electron chi connectivity index (χ0n) is 21.6. The van der Waals surface area contributed by atoms with Crippen LogP contribution in [0.25, 0.3) is 0 Å². The predicted molar refractivity (Wildman–Crippen MR) is 140 cm³/mol. The molecule has 12 heteroatoms. The second-order valence-electron chi connectivity index (χ2n) is 8.77. The van der Waals surface area contributed by atoms with Gasteiger partial charge in [0, 0.05) is 62.5 Å². The van der Waals surface area contributed by atoms with E-state index in [1.165, 1.54) is 12.1 Å². The van der Waals surface area contributed by atoms with Crippen molar-refractivity contribution in [3.63, 3.8) is 0 Å². The highest BCUT2D eigenvalue weighted by Gasteiger charge is 2.17. The highest BCUT2D eigenvalue weighted by molar-refractivity contribution is 5.40. The number of benzene rings is 2. The number of rotatable bonds is 6. The van der Waals surface area contributed by atoms with Crippen LogP contribution in [0.4, 0.5) is 11.4 Å². The first-order valence-corrected chi connectivity index (χ1v) is 12.7. The maximum atomic E-state index is 11.4. The van der Waals surface area contributed by atoms with Crippen LogP contribution in [-0.4, -0.2) is 98.7 Å². The Hall–Kier alpha value is -3.00. The van der Waals surface area contributed by atoms with Gasteiger partial charge in [-0.05, 0) is 0 Å². The number of nitro benzene ring substituents is 2. The van der Waals surface area contributed by atoms with E-state index in [9.17, 15) is 20.2 Å². The third-order valence-electron chi connectivity index (χ3n) is 6.12. The van der Waals surface area contributed by atoms with Gasteiger partial charge in [0.15, 0.2) is 0 Å². The summed E-state index contributed by atoms with van der Waals surface area (Å²) in [5.41, 5.74) is 1.51. The Morgan fingerprint density at radius 1 is 0.553 bits per heavy atom. The first-order chi connectivity index (χ1) is 18.5. The zero-order chi connectivity index (χ0) is 27.0. The lowest BCUT2D eigenvalue weighted by molar-refractivity contribution is -0.385. The van der Waals surface area contributed by atoms with E-state index in [1.807, 2.05) is 0 Å². The first kappa shape index (κ1) is 29.6. The molecule has 0 N–H and O–H groups in total. The quantitative estimate of drug-likeness (QED) is 0.404. The van der Waals surface area contributed by atoms with Gasteiger partial charge in [-0.15, -0.1) is 0 Å². The van der Waals surface area contributed by atoms with Gasteiger partial charge in [-0.1, -0.05) is 36.4 Å². The van der Waals surface area contributed by atoms with Gasteiger partial charge >= 0.3 is 0 Å². The molecule has 12 nitrogen and oxygen atoms in total. The Morgan fingerprint density at radius 2 is 0.868 bits per heavy atom. The molecule has 0 radical (unpaired) electrons. The molecule has 1 aliphatic heterocycles. The van der Waals surface area contributed by atoms with E-state index >= 15 is 0 Å². The van der Waals surface area contributed by atoms with Crippen LogP contribution in [0.2, 0.25) is 0 Å². The van der Waals surface area contributed by atoms with Crippen LogP contribution in [0.3, 0.4) is 0 Å². The molecule has 1 heterocycles. The van der Waals surface area contributed by atoms with Crippen molar-refractivity contribution in [3.05, 3.63) is 79.9 Å². The molecule has 2 aromatic rings. The van der Waals surface area contributed by atoms with Crippen molar-refractivity contribution in [2.75, 3.05) is 79.0 Å². The molecule has 0 unspecified atom stereocenters. The Balaban J connectivity index is 1.51. The molecule has 0 atom stereocenters. The van der Waals surface area contributed by atoms with Gasteiger partial charge in [0.2, 0.25) is 0 Å². The van der Waals surface area contributed by atoms with Gasteiger partial charge in [0.25, 0.3) is 11.4 Å². The summed E-state index contributed by atoms with van der Waals surface area (Å²) in [5, 5.41) is 22.8. The summed E-state index contributed by atoms with van der Waals surface area (Å²) in [4.78, 5) is 26.2. The van der Waals surface area contributed by atoms with E-state index in [0.29, 0.717) is 103 Å². The summed E-state index contributed by atoms with van der Waals surface area (Å²) < 4.78 is 23.0. The van der Waals surface area contributed by atoms with Crippen molar-refractivity contribution in [2.45, 2.75) is 13.1 Å². The SMILES string of the molecule is O=[N+]([O-])c1ccccc1CN1CCOCCOCCN(Cc2ccccc2[N+](=O)[O-])CCOCCOCC1. The smallest absolute Gasteiger partial charge is 0.273 e. The van der Waals surface area contributed by atoms with E-state index in [-0.39, 0.29) is 21.2 Å². The van der Waals surface area contributed by atoms with Crippen molar-refractivity contribution in [3.8, 4) is 0 Å². The van der Waals surface area contributed by atoms with Crippen LogP contribution < -0.4 is 0 Å². The molecule has 0 saturated carbocycles. The molecular formula is C26H36N4O8. The number of hydrogen-bond acceptors (Lipinski definition) is 10. The van der Waals surface area contributed by atoms with Crippen molar-refractivity contribution in [1.82, 2.24) is 9.80 Å². The molecule has 0 spiro atoms. The van der Waals surface area contributed by atoms with Gasteiger partial charge in [-0.2, -0.15) is 0 Å². The molecular weight excluding hydrogens is 496 g/mol. The fraction of sp³-hybridized carbons (Fsp3) is 0.538. The van der Waals surface area contributed by atoms with Crippen LogP contribution in [-0.2, 0) is 32.0 Å². The van der Waals surface area contributed by atoms with Gasteiger partial charge in [-0.3, -0.25) is 30.0 Å². The Bertz CT molecular complexity index is 909. The summed E-state index contributed by atoms with van der Waals surface area (Å²) in [6.07, 6.45) is 0. The summed E-state index contributed by atoms with van der Waals surface area (Å²) in [7, 11) is 0. The van der Waals surface area contributed by atoms with Crippen molar-refractivity contribution < 1.29 is 28.8 Å². The number of nitro groups is 2. The molecule has 0 aliphatic carbocycles. The highest BCUT2D eigenvalue weighted by Crippen LogP contribution is 2.20. The zero-order valence-corrected chi connectivity index (χ0v) is 21.6. The Kier molecular flexibility index (Phi) is 13.0. The van der Waals surface area contributed by atoms with Crippen LogP contribution in [0, 0.1) is 20.2 Å². The molecule has 208 valence electrons. The Labute approximate surface area is 222 Å². The normalized spacial score (nSPS) is 18.3. The second kappa shape index (κ2) is 16.8. The van der Waals surface area contributed by atoms with Gasteiger partial charge in [0.05, 0.1) is 62.7 Å². The third kappa shape index (κ3) is 10.4. The maximum absolute atomic E-state index is 11.4. The summed E-state index contributed by atoms with van der Waals surface area (Å²) in [6, 6.07) is 13.5. The minimum Gasteiger partial charge on any atom is -0.378 e. The molecule has 1 aliphatic rings. The number of ether oxygens (including phenoxy) is 4. The highest BCUT2D eigenvalue weighted by atomic mass is 16.6. The molecule has 0 amide bonds. The van der Waals surface area contributed by atoms with Crippen LogP contribution in [0.5, 0.6) is 0 Å². The maximum Gasteiger partial charge on any atom is 0.273 e. The monoisotopic (exact) mass is 532 g/mol. The van der Waals surface area contributed by atoms with Crippen molar-refractivity contribution in [1.29, 1.82) is 0 Å². The standard InChI is InChI=1S/C26H36N4O8/c31-29(32)25-7-3-1-5-23(25)21-27-9-13-35-17-19-37-15-11-28(12-16-38-20-18-36-14-10-27)22-24-6-2-4-8-26(24)30(33)34/h1-8H,9-22H2. The predicted octanol–water partition coefficient (Wildman–Crippen LogP) is 2.89. The number of nitrogens with zero attached hydrogens (tertiary/aromatic N) is 4. The number of hydrogen-bond donors (Lipinski definition) is 0. The molecule has 38 heavy (non-hydrogen) atoms. The van der Waals surface area contributed by atoms with E-state index in [1.54, 1.807) is 36.4 Å². The Morgan fingerprint density at radius 3 is 1.18 bits per heavy atom. The average molecular weight is 533 g/mol. The third-order valence-corrected chi connectivity index (χ3v) is 6.12. The molecule has 3 rings (SSSR count). The summed E-state index contributed by atoms with van der Waals surface area (Å²) >= 11 is 0. The molecule has 0 bridgehead atoms. The summed E-state index contributed by atoms with van der Waals surface area (Å²) in [6.45, 7) is 6.72. The van der Waals surface area contributed by atoms with E-state index in [0.717, 1.165) is 0 Å². The van der Waals surface area contributed by atoms with E-state index < -0.39 is 0 Å². The van der Waals surface area contributed by atoms with E-state index in [2.05, 4.69) is 9.80 Å². The average Bonchev–Trinajstić information content (AvgIpc) is 2.91. The number of para-hydroxylation sites is 2. The minimum absolute atomic E-state index is 0.103. The molecule has 1 saturated heterocycles. The van der Waals surface area contributed by atoms with Gasteiger partial charge in [-0.25, -0.2) is 0 Å². The lowest BCUT2D eigenvalue weighted by Gasteiger charge is -2.23. The van der Waals surface area contributed by atoms with Crippen molar-refractivity contribution >= 4 is 11.4 Å². The fourth-order valence-electron chi connectivity index (χ4n) is 4.09. The lowest BCUT2D eigenvalue weighted by atomic mass is 10.1. The van der Waals surface area contributed by atoms with Crippen LogP contribution in [0.15, 0.2) is 48.5 Å². The molecule has 1 fully saturated rings. The first-order valence-electron chi connectivity index (χ1n) is 12.7. The fourth-order valence-corrected chi connectivity index (χ4v) is 4.09. The van der Waals surface area contributed by atoms with E-state index in [4.69, 9.17) is 18.9 Å². The second-order valence-corrected chi connectivity index (χ2v) is 8.77. The van der Waals surface area contributed by atoms with Crippen LogP contribution >= 0.6 is 0 Å².